The Morgan fingerprint density at radius 3 is 2.56 bits per heavy atom. The maximum Gasteiger partial charge on any atom is 0.140 e. The second-order valence-electron chi connectivity index (χ2n) is 3.53. The number of nitrogens with zero attached hydrogens (tertiary/aromatic N) is 2. The van der Waals surface area contributed by atoms with E-state index in [4.69, 9.17) is 5.73 Å². The first-order valence-electron chi connectivity index (χ1n) is 5.26. The molecule has 0 fully saturated rings. The average Bonchev–Trinajstić information content (AvgIpc) is 2.72. The van der Waals surface area contributed by atoms with E-state index in [1.54, 1.807) is 0 Å². The van der Waals surface area contributed by atoms with Crippen molar-refractivity contribution in [3.8, 4) is 11.4 Å². The summed E-state index contributed by atoms with van der Waals surface area (Å²) in [4.78, 5) is 4.43. The first-order chi connectivity index (χ1) is 7.76. The predicted octanol–water partition coefficient (Wildman–Crippen LogP) is 2.79. The molecule has 2 rings (SSSR count). The molecule has 0 amide bonds. The van der Waals surface area contributed by atoms with Crippen LogP contribution in [0.3, 0.4) is 0 Å². The fraction of sp³-hybridized carbons (Fsp3) is 0.250. The van der Waals surface area contributed by atoms with Gasteiger partial charge in [0.2, 0.25) is 0 Å². The number of benzene rings is 1. The summed E-state index contributed by atoms with van der Waals surface area (Å²) in [5.74, 6) is 0.982. The van der Waals surface area contributed by atoms with Crippen molar-refractivity contribution < 1.29 is 0 Å². The van der Waals surface area contributed by atoms with Crippen LogP contribution in [-0.2, 0) is 13.1 Å². The van der Waals surface area contributed by atoms with Crippen molar-refractivity contribution in [3.63, 3.8) is 0 Å². The molecule has 0 bridgehead atoms. The van der Waals surface area contributed by atoms with Crippen molar-refractivity contribution in [2.45, 2.75) is 20.0 Å². The van der Waals surface area contributed by atoms with Crippen LogP contribution in [0.4, 0.5) is 0 Å². The van der Waals surface area contributed by atoms with E-state index in [1.165, 1.54) is 0 Å². The van der Waals surface area contributed by atoms with Crippen molar-refractivity contribution in [1.29, 1.82) is 0 Å². The summed E-state index contributed by atoms with van der Waals surface area (Å²) in [6.07, 6.45) is 1.85. The van der Waals surface area contributed by atoms with Gasteiger partial charge in [0, 0.05) is 23.1 Å². The van der Waals surface area contributed by atoms with E-state index in [0.717, 1.165) is 28.1 Å². The SMILES string of the molecule is CCn1c(CN)cnc1-c1ccc(Br)cc1. The summed E-state index contributed by atoms with van der Waals surface area (Å²) in [5.41, 5.74) is 7.86. The lowest BCUT2D eigenvalue weighted by Gasteiger charge is -2.08. The number of imidazole rings is 1. The summed E-state index contributed by atoms with van der Waals surface area (Å²) >= 11 is 3.43. The molecule has 0 unspecified atom stereocenters. The third kappa shape index (κ3) is 2.03. The van der Waals surface area contributed by atoms with Gasteiger partial charge in [0.25, 0.3) is 0 Å². The summed E-state index contributed by atoms with van der Waals surface area (Å²) in [6.45, 7) is 3.51. The van der Waals surface area contributed by atoms with Crippen LogP contribution in [0.1, 0.15) is 12.6 Å². The molecule has 0 saturated heterocycles. The quantitative estimate of drug-likeness (QED) is 0.939. The molecular formula is C12H14BrN3. The van der Waals surface area contributed by atoms with Crippen LogP contribution >= 0.6 is 15.9 Å². The Morgan fingerprint density at radius 2 is 2.00 bits per heavy atom. The number of hydrogen-bond donors (Lipinski definition) is 1. The van der Waals surface area contributed by atoms with E-state index in [-0.39, 0.29) is 0 Å². The van der Waals surface area contributed by atoms with Gasteiger partial charge < -0.3 is 10.3 Å². The summed E-state index contributed by atoms with van der Waals surface area (Å²) in [5, 5.41) is 0. The van der Waals surface area contributed by atoms with Gasteiger partial charge in [-0.3, -0.25) is 0 Å². The molecule has 0 saturated carbocycles. The van der Waals surface area contributed by atoms with Crippen molar-refractivity contribution in [3.05, 3.63) is 40.6 Å². The van der Waals surface area contributed by atoms with Crippen molar-refractivity contribution in [2.24, 2.45) is 5.73 Å². The van der Waals surface area contributed by atoms with Gasteiger partial charge in [-0.05, 0) is 19.1 Å². The summed E-state index contributed by atoms with van der Waals surface area (Å²) < 4.78 is 3.22. The van der Waals surface area contributed by atoms with Crippen molar-refractivity contribution in [2.75, 3.05) is 0 Å². The lowest BCUT2D eigenvalue weighted by Crippen LogP contribution is -2.07. The van der Waals surface area contributed by atoms with Crippen LogP contribution in [0.15, 0.2) is 34.9 Å². The van der Waals surface area contributed by atoms with E-state index < -0.39 is 0 Å². The Morgan fingerprint density at radius 1 is 1.31 bits per heavy atom. The molecule has 0 radical (unpaired) electrons. The molecule has 16 heavy (non-hydrogen) atoms. The minimum atomic E-state index is 0.525. The van der Waals surface area contributed by atoms with Gasteiger partial charge in [-0.15, -0.1) is 0 Å². The number of hydrogen-bond acceptors (Lipinski definition) is 2. The highest BCUT2D eigenvalue weighted by molar-refractivity contribution is 9.10. The van der Waals surface area contributed by atoms with E-state index in [1.807, 2.05) is 18.3 Å². The van der Waals surface area contributed by atoms with Crippen LogP contribution in [0.5, 0.6) is 0 Å². The average molecular weight is 280 g/mol. The molecule has 1 heterocycles. The topological polar surface area (TPSA) is 43.8 Å². The van der Waals surface area contributed by atoms with Crippen LogP contribution in [-0.4, -0.2) is 9.55 Å². The number of aromatic nitrogens is 2. The number of halogens is 1. The zero-order valence-corrected chi connectivity index (χ0v) is 10.7. The monoisotopic (exact) mass is 279 g/mol. The molecule has 4 heteroatoms. The molecule has 2 N–H and O–H groups in total. The van der Waals surface area contributed by atoms with E-state index in [9.17, 15) is 0 Å². The first kappa shape index (κ1) is 11.4. The van der Waals surface area contributed by atoms with Crippen LogP contribution < -0.4 is 5.73 Å². The predicted molar refractivity (Wildman–Crippen MR) is 68.9 cm³/mol. The minimum Gasteiger partial charge on any atom is -0.327 e. The Kier molecular flexibility index (Phi) is 3.41. The lowest BCUT2D eigenvalue weighted by atomic mass is 10.2. The van der Waals surface area contributed by atoms with Gasteiger partial charge in [0.05, 0.1) is 11.9 Å². The molecule has 1 aromatic carbocycles. The lowest BCUT2D eigenvalue weighted by molar-refractivity contribution is 0.720. The van der Waals surface area contributed by atoms with Gasteiger partial charge >= 0.3 is 0 Å². The highest BCUT2D eigenvalue weighted by Gasteiger charge is 2.08. The standard InChI is InChI=1S/C12H14BrN3/c1-2-16-11(7-14)8-15-12(16)9-3-5-10(13)6-4-9/h3-6,8H,2,7,14H2,1H3. The normalized spacial score (nSPS) is 10.7. The molecule has 0 aliphatic rings. The summed E-state index contributed by atoms with van der Waals surface area (Å²) in [7, 11) is 0. The zero-order chi connectivity index (χ0) is 11.5. The van der Waals surface area contributed by atoms with E-state index in [2.05, 4.69) is 44.5 Å². The highest BCUT2D eigenvalue weighted by atomic mass is 79.9. The van der Waals surface area contributed by atoms with Gasteiger partial charge in [-0.25, -0.2) is 4.98 Å². The first-order valence-corrected chi connectivity index (χ1v) is 6.06. The Bertz CT molecular complexity index is 474. The van der Waals surface area contributed by atoms with Gasteiger partial charge in [-0.2, -0.15) is 0 Å². The number of rotatable bonds is 3. The molecule has 0 atom stereocenters. The third-order valence-corrected chi connectivity index (χ3v) is 3.09. The molecule has 2 aromatic rings. The van der Waals surface area contributed by atoms with Crippen molar-refractivity contribution in [1.82, 2.24) is 9.55 Å². The third-order valence-electron chi connectivity index (χ3n) is 2.57. The fourth-order valence-corrected chi connectivity index (χ4v) is 2.02. The van der Waals surface area contributed by atoms with Crippen LogP contribution in [0.2, 0.25) is 0 Å². The molecular weight excluding hydrogens is 266 g/mol. The Balaban J connectivity index is 2.47. The smallest absolute Gasteiger partial charge is 0.140 e. The van der Waals surface area contributed by atoms with Crippen LogP contribution in [0.25, 0.3) is 11.4 Å². The molecule has 0 spiro atoms. The second-order valence-corrected chi connectivity index (χ2v) is 4.44. The van der Waals surface area contributed by atoms with Crippen LogP contribution in [0, 0.1) is 0 Å². The molecule has 3 nitrogen and oxygen atoms in total. The Hall–Kier alpha value is -1.13. The molecule has 0 aliphatic heterocycles. The van der Waals surface area contributed by atoms with Gasteiger partial charge in [0.1, 0.15) is 5.82 Å². The van der Waals surface area contributed by atoms with Gasteiger partial charge in [-0.1, -0.05) is 28.1 Å². The molecule has 84 valence electrons. The van der Waals surface area contributed by atoms with Gasteiger partial charge in [0.15, 0.2) is 0 Å². The minimum absolute atomic E-state index is 0.525. The largest absolute Gasteiger partial charge is 0.327 e. The zero-order valence-electron chi connectivity index (χ0n) is 9.15. The molecule has 0 aliphatic carbocycles. The highest BCUT2D eigenvalue weighted by Crippen LogP contribution is 2.21. The number of nitrogens with two attached hydrogens (primary N) is 1. The molecule has 1 aromatic heterocycles. The Labute approximate surface area is 103 Å². The second kappa shape index (κ2) is 4.80. The maximum absolute atomic E-state index is 5.67. The van der Waals surface area contributed by atoms with Crippen molar-refractivity contribution >= 4 is 15.9 Å². The maximum atomic E-state index is 5.67. The fourth-order valence-electron chi connectivity index (χ4n) is 1.76. The van der Waals surface area contributed by atoms with E-state index >= 15 is 0 Å². The summed E-state index contributed by atoms with van der Waals surface area (Å²) in [6, 6.07) is 8.15. The van der Waals surface area contributed by atoms with E-state index in [0.29, 0.717) is 6.54 Å².